The van der Waals surface area contributed by atoms with Crippen molar-refractivity contribution in [3.63, 3.8) is 0 Å². The third kappa shape index (κ3) is 2.22. The summed E-state index contributed by atoms with van der Waals surface area (Å²) in [6, 6.07) is 1.77. The van der Waals surface area contributed by atoms with Gasteiger partial charge in [0.25, 0.3) is 5.89 Å². The first-order valence-electron chi connectivity index (χ1n) is 5.84. The summed E-state index contributed by atoms with van der Waals surface area (Å²) in [7, 11) is 0. The fourth-order valence-corrected chi connectivity index (χ4v) is 1.71. The first-order valence-corrected chi connectivity index (χ1v) is 5.84. The smallest absolute Gasteiger partial charge is 0.276 e. The summed E-state index contributed by atoms with van der Waals surface area (Å²) in [6.07, 6.45) is 6.77. The third-order valence-corrected chi connectivity index (χ3v) is 2.81. The van der Waals surface area contributed by atoms with Gasteiger partial charge in [-0.15, -0.1) is 0 Å². The van der Waals surface area contributed by atoms with Crippen LogP contribution in [-0.2, 0) is 0 Å². The predicted molar refractivity (Wildman–Crippen MR) is 66.1 cm³/mol. The molecule has 3 aromatic heterocycles. The van der Waals surface area contributed by atoms with E-state index in [1.807, 2.05) is 24.6 Å². The topological polar surface area (TPSA) is 82.5 Å². The van der Waals surface area contributed by atoms with E-state index in [-0.39, 0.29) is 6.04 Å². The van der Waals surface area contributed by atoms with Crippen LogP contribution in [0.4, 0.5) is 0 Å². The minimum absolute atomic E-state index is 0.0389. The van der Waals surface area contributed by atoms with Gasteiger partial charge < -0.3 is 9.09 Å². The zero-order chi connectivity index (χ0) is 13.2. The third-order valence-electron chi connectivity index (χ3n) is 2.81. The van der Waals surface area contributed by atoms with Crippen LogP contribution in [0.15, 0.2) is 35.6 Å². The number of aromatic nitrogens is 6. The van der Waals surface area contributed by atoms with Gasteiger partial charge in [-0.3, -0.25) is 0 Å². The molecule has 0 aliphatic heterocycles. The van der Waals surface area contributed by atoms with E-state index < -0.39 is 0 Å². The molecular weight excluding hydrogens is 244 g/mol. The summed E-state index contributed by atoms with van der Waals surface area (Å²) in [5.74, 6) is 0.983. The van der Waals surface area contributed by atoms with Crippen molar-refractivity contribution >= 4 is 0 Å². The molecule has 3 aromatic rings. The molecule has 0 bridgehead atoms. The zero-order valence-electron chi connectivity index (χ0n) is 10.6. The fraction of sp³-hybridized carbons (Fsp3) is 0.250. The van der Waals surface area contributed by atoms with Crippen LogP contribution in [0.5, 0.6) is 0 Å². The molecular formula is C12H12N6O. The molecule has 0 amide bonds. The average molecular weight is 256 g/mol. The van der Waals surface area contributed by atoms with E-state index in [2.05, 4.69) is 25.1 Å². The molecule has 0 aromatic carbocycles. The Morgan fingerprint density at radius 3 is 2.95 bits per heavy atom. The Bertz CT molecular complexity index is 675. The Morgan fingerprint density at radius 2 is 2.21 bits per heavy atom. The second-order valence-corrected chi connectivity index (χ2v) is 4.19. The van der Waals surface area contributed by atoms with Gasteiger partial charge >= 0.3 is 0 Å². The highest BCUT2D eigenvalue weighted by Crippen LogP contribution is 2.19. The van der Waals surface area contributed by atoms with Crippen molar-refractivity contribution in [2.75, 3.05) is 0 Å². The molecule has 0 saturated heterocycles. The van der Waals surface area contributed by atoms with E-state index in [1.54, 1.807) is 18.6 Å². The molecule has 7 nitrogen and oxygen atoms in total. The van der Waals surface area contributed by atoms with Gasteiger partial charge in [0, 0.05) is 18.1 Å². The van der Waals surface area contributed by atoms with Gasteiger partial charge in [-0.2, -0.15) is 4.98 Å². The number of aryl methyl sites for hydroxylation is 1. The maximum Gasteiger partial charge on any atom is 0.276 e. The molecule has 19 heavy (non-hydrogen) atoms. The van der Waals surface area contributed by atoms with Crippen LogP contribution in [0, 0.1) is 6.92 Å². The van der Waals surface area contributed by atoms with Crippen molar-refractivity contribution in [2.45, 2.75) is 19.9 Å². The highest BCUT2D eigenvalue weighted by atomic mass is 16.5. The maximum atomic E-state index is 5.24. The van der Waals surface area contributed by atoms with Gasteiger partial charge in [-0.05, 0) is 19.9 Å². The lowest BCUT2D eigenvalue weighted by Gasteiger charge is -2.06. The second kappa shape index (κ2) is 4.60. The van der Waals surface area contributed by atoms with Gasteiger partial charge in [0.1, 0.15) is 12.0 Å². The summed E-state index contributed by atoms with van der Waals surface area (Å²) in [4.78, 5) is 16.5. The highest BCUT2D eigenvalue weighted by molar-refractivity contribution is 5.46. The number of hydrogen-bond acceptors (Lipinski definition) is 6. The summed E-state index contributed by atoms with van der Waals surface area (Å²) in [5, 5.41) is 3.98. The van der Waals surface area contributed by atoms with Crippen LogP contribution < -0.4 is 0 Å². The van der Waals surface area contributed by atoms with Crippen LogP contribution >= 0.6 is 0 Å². The van der Waals surface area contributed by atoms with Crippen molar-refractivity contribution in [3.05, 3.63) is 42.6 Å². The molecule has 0 fully saturated rings. The van der Waals surface area contributed by atoms with Crippen LogP contribution in [0.1, 0.15) is 24.5 Å². The number of imidazole rings is 1. The van der Waals surface area contributed by atoms with E-state index in [0.29, 0.717) is 17.4 Å². The SMILES string of the molecule is Cc1cc(-c2nc(C(C)n3ccnc3)no2)ncn1. The van der Waals surface area contributed by atoms with Crippen molar-refractivity contribution in [1.29, 1.82) is 0 Å². The maximum absolute atomic E-state index is 5.24. The lowest BCUT2D eigenvalue weighted by molar-refractivity contribution is 0.411. The first-order chi connectivity index (χ1) is 9.24. The molecule has 0 N–H and O–H groups in total. The van der Waals surface area contributed by atoms with E-state index in [9.17, 15) is 0 Å². The average Bonchev–Trinajstić information content (AvgIpc) is 3.10. The van der Waals surface area contributed by atoms with Crippen molar-refractivity contribution in [2.24, 2.45) is 0 Å². The Labute approximate surface area is 109 Å². The van der Waals surface area contributed by atoms with E-state index >= 15 is 0 Å². The molecule has 3 rings (SSSR count). The monoisotopic (exact) mass is 256 g/mol. The first kappa shape index (κ1) is 11.5. The standard InChI is InChI=1S/C12H12N6O/c1-8-5-10(15-6-14-8)12-16-11(17-19-12)9(2)18-4-3-13-7-18/h3-7,9H,1-2H3. The largest absolute Gasteiger partial charge is 0.332 e. The van der Waals surface area contributed by atoms with E-state index in [0.717, 1.165) is 5.69 Å². The van der Waals surface area contributed by atoms with Crippen LogP contribution in [0.25, 0.3) is 11.6 Å². The van der Waals surface area contributed by atoms with Gasteiger partial charge in [0.2, 0.25) is 0 Å². The van der Waals surface area contributed by atoms with Gasteiger partial charge in [0.05, 0.1) is 12.4 Å². The Hall–Kier alpha value is -2.57. The minimum atomic E-state index is -0.0389. The molecule has 0 aliphatic carbocycles. The number of rotatable bonds is 3. The second-order valence-electron chi connectivity index (χ2n) is 4.19. The van der Waals surface area contributed by atoms with Crippen molar-refractivity contribution in [1.82, 2.24) is 29.7 Å². The lowest BCUT2D eigenvalue weighted by atomic mass is 10.3. The fourth-order valence-electron chi connectivity index (χ4n) is 1.71. The van der Waals surface area contributed by atoms with Crippen LogP contribution in [-0.4, -0.2) is 29.7 Å². The summed E-state index contributed by atoms with van der Waals surface area (Å²) >= 11 is 0. The molecule has 3 heterocycles. The van der Waals surface area contributed by atoms with Gasteiger partial charge in [-0.1, -0.05) is 5.16 Å². The van der Waals surface area contributed by atoms with E-state index in [4.69, 9.17) is 4.52 Å². The van der Waals surface area contributed by atoms with Gasteiger partial charge in [0.15, 0.2) is 5.82 Å². The highest BCUT2D eigenvalue weighted by Gasteiger charge is 2.16. The Morgan fingerprint density at radius 1 is 1.32 bits per heavy atom. The predicted octanol–water partition coefficient (Wildman–Crippen LogP) is 1.64. The molecule has 0 spiro atoms. The normalized spacial score (nSPS) is 12.5. The molecule has 0 aliphatic rings. The number of nitrogens with zero attached hydrogens (tertiary/aromatic N) is 6. The quantitative estimate of drug-likeness (QED) is 0.708. The van der Waals surface area contributed by atoms with E-state index in [1.165, 1.54) is 6.33 Å². The Kier molecular flexibility index (Phi) is 2.79. The van der Waals surface area contributed by atoms with Gasteiger partial charge in [-0.25, -0.2) is 15.0 Å². The van der Waals surface area contributed by atoms with Crippen LogP contribution in [0.2, 0.25) is 0 Å². The van der Waals surface area contributed by atoms with Crippen molar-refractivity contribution in [3.8, 4) is 11.6 Å². The molecule has 7 heteroatoms. The summed E-state index contributed by atoms with van der Waals surface area (Å²) < 4.78 is 7.14. The zero-order valence-corrected chi connectivity index (χ0v) is 10.6. The molecule has 96 valence electrons. The molecule has 0 radical (unpaired) electrons. The molecule has 1 atom stereocenters. The Balaban J connectivity index is 1.91. The van der Waals surface area contributed by atoms with Crippen LogP contribution in [0.3, 0.4) is 0 Å². The molecule has 0 saturated carbocycles. The summed E-state index contributed by atoms with van der Waals surface area (Å²) in [5.41, 5.74) is 1.48. The minimum Gasteiger partial charge on any atom is -0.332 e. The lowest BCUT2D eigenvalue weighted by Crippen LogP contribution is -2.06. The van der Waals surface area contributed by atoms with Crippen molar-refractivity contribution < 1.29 is 4.52 Å². The summed E-state index contributed by atoms with van der Waals surface area (Å²) in [6.45, 7) is 3.86. The molecule has 1 unspecified atom stereocenters. The number of hydrogen-bond donors (Lipinski definition) is 0.